The van der Waals surface area contributed by atoms with Crippen LogP contribution in [-0.4, -0.2) is 55.6 Å². The average molecular weight is 529 g/mol. The molecule has 0 spiro atoms. The molecule has 0 saturated carbocycles. The van der Waals surface area contributed by atoms with Gasteiger partial charge in [-0.2, -0.15) is 18.3 Å². The lowest BCUT2D eigenvalue weighted by Gasteiger charge is -2.43. The number of benzene rings is 1. The monoisotopic (exact) mass is 528 g/mol. The molecular formula is C23H22ClF5N6O. The lowest BCUT2D eigenvalue weighted by molar-refractivity contribution is -0.138. The highest BCUT2D eigenvalue weighted by molar-refractivity contribution is 6.30. The Morgan fingerprint density at radius 1 is 1.25 bits per heavy atom. The van der Waals surface area contributed by atoms with E-state index in [-0.39, 0.29) is 18.2 Å². The standard InChI is InChI=1S/C23H22ClF5N6O/c1-13-7-22(25,26)12-35(18(13)10-32-21-30-8-15(9-31-21)23(27,28)29)20(36)19-17(11-34(2)33-19)14-4-3-5-16(24)6-14/h3-6,8-9,11,13,18H,7,10,12H2,1-2H3,(H,30,31,32)/t13-,18-/m1/s1. The van der Waals surface area contributed by atoms with Crippen molar-refractivity contribution in [3.05, 3.63) is 59.1 Å². The van der Waals surface area contributed by atoms with Crippen molar-refractivity contribution in [1.82, 2.24) is 24.6 Å². The molecule has 7 nitrogen and oxygen atoms in total. The molecule has 1 aromatic carbocycles. The number of aryl methyl sites for hydroxylation is 1. The van der Waals surface area contributed by atoms with Gasteiger partial charge in [0.15, 0.2) is 5.69 Å². The fourth-order valence-corrected chi connectivity index (χ4v) is 4.48. The lowest BCUT2D eigenvalue weighted by atomic mass is 9.88. The molecule has 36 heavy (non-hydrogen) atoms. The van der Waals surface area contributed by atoms with E-state index in [1.165, 1.54) is 4.68 Å². The highest BCUT2D eigenvalue weighted by Crippen LogP contribution is 2.36. The molecule has 1 fully saturated rings. The lowest BCUT2D eigenvalue weighted by Crippen LogP contribution is -2.57. The molecule has 1 amide bonds. The van der Waals surface area contributed by atoms with Gasteiger partial charge in [-0.3, -0.25) is 9.48 Å². The molecule has 13 heteroatoms. The van der Waals surface area contributed by atoms with E-state index < -0.39 is 48.5 Å². The molecule has 3 aromatic rings. The zero-order chi connectivity index (χ0) is 26.3. The third-order valence-electron chi connectivity index (χ3n) is 5.96. The first kappa shape index (κ1) is 25.8. The number of hydrogen-bond acceptors (Lipinski definition) is 5. The van der Waals surface area contributed by atoms with Crippen LogP contribution in [0.4, 0.5) is 27.9 Å². The topological polar surface area (TPSA) is 75.9 Å². The number of alkyl halides is 5. The summed E-state index contributed by atoms with van der Waals surface area (Å²) < 4.78 is 68.9. The summed E-state index contributed by atoms with van der Waals surface area (Å²) in [5.74, 6) is -4.58. The Labute approximate surface area is 208 Å². The maximum absolute atomic E-state index is 14.6. The number of amides is 1. The van der Waals surface area contributed by atoms with E-state index in [4.69, 9.17) is 11.6 Å². The summed E-state index contributed by atoms with van der Waals surface area (Å²) in [4.78, 5) is 22.0. The predicted octanol–water partition coefficient (Wildman–Crippen LogP) is 5.15. The fourth-order valence-electron chi connectivity index (χ4n) is 4.29. The van der Waals surface area contributed by atoms with Gasteiger partial charge in [0.1, 0.15) is 0 Å². The second-order valence-corrected chi connectivity index (χ2v) is 9.22. The quantitative estimate of drug-likeness (QED) is 0.464. The summed E-state index contributed by atoms with van der Waals surface area (Å²) in [5.41, 5.74) is 0.00703. The Kier molecular flexibility index (Phi) is 6.91. The Morgan fingerprint density at radius 2 is 1.94 bits per heavy atom. The molecular weight excluding hydrogens is 507 g/mol. The number of nitrogens with zero attached hydrogens (tertiary/aromatic N) is 5. The van der Waals surface area contributed by atoms with Gasteiger partial charge in [-0.15, -0.1) is 0 Å². The first-order valence-corrected chi connectivity index (χ1v) is 11.3. The van der Waals surface area contributed by atoms with Gasteiger partial charge in [0.05, 0.1) is 18.2 Å². The Bertz CT molecular complexity index is 1250. The van der Waals surface area contributed by atoms with Crippen LogP contribution < -0.4 is 5.32 Å². The van der Waals surface area contributed by atoms with Gasteiger partial charge in [-0.1, -0.05) is 30.7 Å². The van der Waals surface area contributed by atoms with Gasteiger partial charge in [-0.25, -0.2) is 18.7 Å². The van der Waals surface area contributed by atoms with Gasteiger partial charge in [0, 0.05) is 49.2 Å². The summed E-state index contributed by atoms with van der Waals surface area (Å²) in [6.07, 6.45) is -2.19. The normalized spacial score (nSPS) is 19.8. The molecule has 192 valence electrons. The number of carbonyl (C=O) groups excluding carboxylic acids is 1. The zero-order valence-corrected chi connectivity index (χ0v) is 20.0. The van der Waals surface area contributed by atoms with Crippen LogP contribution in [0.3, 0.4) is 0 Å². The summed E-state index contributed by atoms with van der Waals surface area (Å²) in [6, 6.07) is 6.02. The average Bonchev–Trinajstić information content (AvgIpc) is 3.18. The summed E-state index contributed by atoms with van der Waals surface area (Å²) in [7, 11) is 1.61. The minimum atomic E-state index is -4.59. The van der Waals surface area contributed by atoms with Gasteiger partial charge in [-0.05, 0) is 23.6 Å². The van der Waals surface area contributed by atoms with Crippen LogP contribution in [-0.2, 0) is 13.2 Å². The summed E-state index contributed by atoms with van der Waals surface area (Å²) in [5, 5.41) is 7.45. The fraction of sp³-hybridized carbons (Fsp3) is 0.391. The van der Waals surface area contributed by atoms with Crippen molar-refractivity contribution >= 4 is 23.5 Å². The Hall–Kier alpha value is -3.28. The van der Waals surface area contributed by atoms with Gasteiger partial charge >= 0.3 is 6.18 Å². The second-order valence-electron chi connectivity index (χ2n) is 8.79. The molecule has 0 bridgehead atoms. The minimum absolute atomic E-state index is 0.0135. The number of hydrogen-bond donors (Lipinski definition) is 1. The number of aromatic nitrogens is 4. The van der Waals surface area contributed by atoms with Crippen LogP contribution >= 0.6 is 11.6 Å². The van der Waals surface area contributed by atoms with E-state index in [9.17, 15) is 26.7 Å². The first-order valence-electron chi connectivity index (χ1n) is 11.0. The number of anilines is 1. The molecule has 4 rings (SSSR count). The Morgan fingerprint density at radius 3 is 2.58 bits per heavy atom. The van der Waals surface area contributed by atoms with Crippen LogP contribution in [0.5, 0.6) is 0 Å². The van der Waals surface area contributed by atoms with Crippen molar-refractivity contribution in [3.8, 4) is 11.1 Å². The van der Waals surface area contributed by atoms with Gasteiger partial charge in [0.2, 0.25) is 5.95 Å². The largest absolute Gasteiger partial charge is 0.419 e. The second kappa shape index (κ2) is 9.64. The van der Waals surface area contributed by atoms with Crippen molar-refractivity contribution < 1.29 is 26.7 Å². The molecule has 1 N–H and O–H groups in total. The SMILES string of the molecule is C[C@@H]1CC(F)(F)CN(C(=O)c2nn(C)cc2-c2cccc(Cl)c2)[C@@H]1CNc1ncc(C(F)(F)F)cn1. The smallest absolute Gasteiger partial charge is 0.352 e. The van der Waals surface area contributed by atoms with Crippen molar-refractivity contribution in [2.24, 2.45) is 13.0 Å². The highest BCUT2D eigenvalue weighted by atomic mass is 35.5. The molecule has 0 aliphatic carbocycles. The van der Waals surface area contributed by atoms with E-state index in [0.717, 1.165) is 4.90 Å². The van der Waals surface area contributed by atoms with E-state index >= 15 is 0 Å². The number of rotatable bonds is 5. The van der Waals surface area contributed by atoms with E-state index in [2.05, 4.69) is 20.4 Å². The third-order valence-corrected chi connectivity index (χ3v) is 6.19. The number of carbonyl (C=O) groups is 1. The van der Waals surface area contributed by atoms with E-state index in [0.29, 0.717) is 28.5 Å². The molecule has 1 saturated heterocycles. The number of likely N-dealkylation sites (tertiary alicyclic amines) is 1. The molecule has 3 heterocycles. The predicted molar refractivity (Wildman–Crippen MR) is 123 cm³/mol. The van der Waals surface area contributed by atoms with Crippen LogP contribution in [0.15, 0.2) is 42.9 Å². The molecule has 0 radical (unpaired) electrons. The maximum Gasteiger partial charge on any atom is 0.419 e. The van der Waals surface area contributed by atoms with Gasteiger partial charge < -0.3 is 10.2 Å². The molecule has 0 unspecified atom stereocenters. The molecule has 1 aliphatic heterocycles. The van der Waals surface area contributed by atoms with Crippen LogP contribution in [0.1, 0.15) is 29.4 Å². The number of nitrogens with one attached hydrogen (secondary N) is 1. The maximum atomic E-state index is 14.6. The Balaban J connectivity index is 1.61. The van der Waals surface area contributed by atoms with E-state index in [1.54, 1.807) is 44.4 Å². The van der Waals surface area contributed by atoms with Crippen molar-refractivity contribution in [1.29, 1.82) is 0 Å². The number of halogens is 6. The van der Waals surface area contributed by atoms with E-state index in [1.807, 2.05) is 0 Å². The number of piperidine rings is 1. The first-order chi connectivity index (χ1) is 16.8. The summed E-state index contributed by atoms with van der Waals surface area (Å²) >= 11 is 6.09. The minimum Gasteiger partial charge on any atom is -0.352 e. The molecule has 1 aliphatic rings. The zero-order valence-electron chi connectivity index (χ0n) is 19.2. The third kappa shape index (κ3) is 5.58. The molecule has 2 atom stereocenters. The van der Waals surface area contributed by atoms with Gasteiger partial charge in [0.25, 0.3) is 11.8 Å². The van der Waals surface area contributed by atoms with Crippen LogP contribution in [0, 0.1) is 5.92 Å². The van der Waals surface area contributed by atoms with Crippen LogP contribution in [0.2, 0.25) is 5.02 Å². The molecule has 2 aromatic heterocycles. The van der Waals surface area contributed by atoms with Crippen molar-refractivity contribution in [2.45, 2.75) is 31.5 Å². The van der Waals surface area contributed by atoms with Crippen LogP contribution in [0.25, 0.3) is 11.1 Å². The summed E-state index contributed by atoms with van der Waals surface area (Å²) in [6.45, 7) is 0.708. The van der Waals surface area contributed by atoms with Crippen molar-refractivity contribution in [2.75, 3.05) is 18.4 Å². The highest BCUT2D eigenvalue weighted by Gasteiger charge is 2.47. The van der Waals surface area contributed by atoms with Crippen molar-refractivity contribution in [3.63, 3.8) is 0 Å².